The minimum Gasteiger partial charge on any atom is -0.367 e. The molecule has 0 aliphatic heterocycles. The fraction of sp³-hybridized carbons (Fsp3) is 0.250. The van der Waals surface area contributed by atoms with Crippen LogP contribution in [-0.2, 0) is 6.42 Å². The first-order valence-electron chi connectivity index (χ1n) is 8.71. The van der Waals surface area contributed by atoms with Gasteiger partial charge in [0.1, 0.15) is 17.5 Å². The van der Waals surface area contributed by atoms with Crippen molar-refractivity contribution in [3.63, 3.8) is 0 Å². The van der Waals surface area contributed by atoms with E-state index in [9.17, 15) is 9.18 Å². The Balaban J connectivity index is 1.46. The van der Waals surface area contributed by atoms with E-state index in [1.807, 2.05) is 25.1 Å². The molecular weight excluding hydrogens is 331 g/mol. The number of anilines is 1. The largest absolute Gasteiger partial charge is 0.367 e. The first-order valence-corrected chi connectivity index (χ1v) is 8.71. The minimum absolute atomic E-state index is 0.162. The molecule has 4 rings (SSSR count). The van der Waals surface area contributed by atoms with Crippen LogP contribution in [-0.4, -0.2) is 21.0 Å². The van der Waals surface area contributed by atoms with Gasteiger partial charge in [0.2, 0.25) is 0 Å². The first kappa shape index (κ1) is 16.4. The molecule has 1 fully saturated rings. The van der Waals surface area contributed by atoms with E-state index >= 15 is 0 Å². The van der Waals surface area contributed by atoms with Gasteiger partial charge in [0, 0.05) is 35.5 Å². The van der Waals surface area contributed by atoms with Crippen LogP contribution in [0.25, 0.3) is 11.4 Å². The van der Waals surface area contributed by atoms with Gasteiger partial charge in [0.05, 0.1) is 0 Å². The monoisotopic (exact) mass is 350 g/mol. The topological polar surface area (TPSA) is 70.7 Å². The van der Waals surface area contributed by atoms with Gasteiger partial charge in [-0.1, -0.05) is 19.1 Å². The van der Waals surface area contributed by atoms with Gasteiger partial charge in [-0.3, -0.25) is 4.79 Å². The van der Waals surface area contributed by atoms with Crippen LogP contribution in [0.3, 0.4) is 0 Å². The molecule has 0 bridgehead atoms. The molecule has 1 aliphatic carbocycles. The van der Waals surface area contributed by atoms with Gasteiger partial charge in [-0.05, 0) is 42.7 Å². The third kappa shape index (κ3) is 3.49. The Morgan fingerprint density at radius 2 is 2.15 bits per heavy atom. The highest BCUT2D eigenvalue weighted by molar-refractivity contribution is 5.56. The smallest absolute Gasteiger partial charge is 0.251 e. The normalized spacial score (nSPS) is 18.5. The van der Waals surface area contributed by atoms with E-state index in [0.717, 1.165) is 29.1 Å². The number of aryl methyl sites for hydroxylation is 1. The number of halogens is 1. The van der Waals surface area contributed by atoms with Crippen LogP contribution in [0.15, 0.2) is 53.5 Å². The predicted octanol–water partition coefficient (Wildman–Crippen LogP) is 3.50. The first-order chi connectivity index (χ1) is 12.6. The average Bonchev–Trinajstić information content (AvgIpc) is 3.41. The highest BCUT2D eigenvalue weighted by Gasteiger charge is 2.38. The lowest BCUT2D eigenvalue weighted by molar-refractivity contribution is 0.625. The second-order valence-corrected chi connectivity index (χ2v) is 6.52. The zero-order chi connectivity index (χ0) is 18.1. The lowest BCUT2D eigenvalue weighted by Gasteiger charge is -2.07. The van der Waals surface area contributed by atoms with E-state index in [1.165, 1.54) is 12.1 Å². The second kappa shape index (κ2) is 6.71. The van der Waals surface area contributed by atoms with Gasteiger partial charge >= 0.3 is 0 Å². The number of rotatable bonds is 5. The molecule has 0 saturated heterocycles. The molecule has 1 aromatic carbocycles. The fourth-order valence-corrected chi connectivity index (χ4v) is 3.10. The number of aromatic nitrogens is 3. The third-order valence-electron chi connectivity index (χ3n) is 4.59. The Kier molecular flexibility index (Phi) is 4.24. The van der Waals surface area contributed by atoms with Gasteiger partial charge in [0.25, 0.3) is 5.56 Å². The Bertz CT molecular complexity index is 984. The van der Waals surface area contributed by atoms with Gasteiger partial charge in [-0.25, -0.2) is 14.4 Å². The Labute approximate surface area is 150 Å². The molecule has 1 aliphatic rings. The van der Waals surface area contributed by atoms with Crippen LogP contribution >= 0.6 is 0 Å². The molecule has 0 amide bonds. The van der Waals surface area contributed by atoms with Crippen molar-refractivity contribution in [1.82, 2.24) is 15.0 Å². The molecule has 3 aromatic rings. The maximum Gasteiger partial charge on any atom is 0.251 e. The quantitative estimate of drug-likeness (QED) is 0.739. The summed E-state index contributed by atoms with van der Waals surface area (Å²) in [6, 6.07) is 12.3. The molecule has 2 atom stereocenters. The molecule has 1 saturated carbocycles. The number of nitrogens with one attached hydrogen (secondary N) is 2. The number of aromatic amines is 1. The van der Waals surface area contributed by atoms with Gasteiger partial charge < -0.3 is 10.3 Å². The summed E-state index contributed by atoms with van der Waals surface area (Å²) in [5, 5.41) is 3.37. The number of nitrogens with zero attached hydrogens (tertiary/aromatic N) is 2. The molecule has 0 unspecified atom stereocenters. The second-order valence-electron chi connectivity index (χ2n) is 6.52. The highest BCUT2D eigenvalue weighted by atomic mass is 19.1. The van der Waals surface area contributed by atoms with E-state index in [1.54, 1.807) is 18.3 Å². The van der Waals surface area contributed by atoms with Crippen molar-refractivity contribution < 1.29 is 4.39 Å². The summed E-state index contributed by atoms with van der Waals surface area (Å²) in [6.07, 6.45) is 3.35. The molecular formula is C20H19FN4O. The molecule has 2 heterocycles. The fourth-order valence-electron chi connectivity index (χ4n) is 3.10. The van der Waals surface area contributed by atoms with Gasteiger partial charge in [-0.15, -0.1) is 0 Å². The van der Waals surface area contributed by atoms with Gasteiger partial charge in [-0.2, -0.15) is 0 Å². The zero-order valence-corrected chi connectivity index (χ0v) is 14.4. The van der Waals surface area contributed by atoms with Crippen LogP contribution in [0, 0.1) is 5.82 Å². The molecule has 2 aromatic heterocycles. The molecule has 132 valence electrons. The average molecular weight is 350 g/mol. The van der Waals surface area contributed by atoms with Gasteiger partial charge in [0.15, 0.2) is 0 Å². The lowest BCUT2D eigenvalue weighted by atomic mass is 10.1. The van der Waals surface area contributed by atoms with E-state index in [-0.39, 0.29) is 17.4 Å². The minimum atomic E-state index is -0.202. The predicted molar refractivity (Wildman–Crippen MR) is 98.6 cm³/mol. The van der Waals surface area contributed by atoms with Crippen molar-refractivity contribution in [3.8, 4) is 11.4 Å². The Morgan fingerprint density at radius 1 is 1.27 bits per heavy atom. The zero-order valence-electron chi connectivity index (χ0n) is 14.4. The molecule has 0 spiro atoms. The van der Waals surface area contributed by atoms with Crippen molar-refractivity contribution in [1.29, 1.82) is 0 Å². The summed E-state index contributed by atoms with van der Waals surface area (Å²) in [6.45, 7) is 1.96. The molecule has 0 radical (unpaired) electrons. The number of hydrogen-bond donors (Lipinski definition) is 2. The summed E-state index contributed by atoms with van der Waals surface area (Å²) in [7, 11) is 0. The summed E-state index contributed by atoms with van der Waals surface area (Å²) in [5.41, 5.74) is 2.37. The van der Waals surface area contributed by atoms with Crippen LogP contribution in [0.1, 0.15) is 30.5 Å². The van der Waals surface area contributed by atoms with E-state index in [4.69, 9.17) is 0 Å². The summed E-state index contributed by atoms with van der Waals surface area (Å²) >= 11 is 0. The standard InChI is InChI=1S/C20H19FN4O/c1-2-15-9-19(26)25-20(23-15)13-6-7-18(22-11-13)24-17-10-16(17)12-4-3-5-14(21)8-12/h3-9,11,16-17H,2,10H2,1H3,(H,22,24)(H,23,25,26)/t16-,17+/m0/s1. The van der Waals surface area contributed by atoms with E-state index in [2.05, 4.69) is 20.3 Å². The van der Waals surface area contributed by atoms with E-state index < -0.39 is 0 Å². The molecule has 6 heteroatoms. The van der Waals surface area contributed by atoms with Crippen LogP contribution < -0.4 is 10.9 Å². The summed E-state index contributed by atoms with van der Waals surface area (Å²) in [5.74, 6) is 1.39. The maximum absolute atomic E-state index is 13.3. The summed E-state index contributed by atoms with van der Waals surface area (Å²) in [4.78, 5) is 23.3. The van der Waals surface area contributed by atoms with Crippen LogP contribution in [0.4, 0.5) is 10.2 Å². The van der Waals surface area contributed by atoms with Crippen LogP contribution in [0.5, 0.6) is 0 Å². The van der Waals surface area contributed by atoms with Crippen molar-refractivity contribution in [3.05, 3.63) is 76.1 Å². The maximum atomic E-state index is 13.3. The lowest BCUT2D eigenvalue weighted by Crippen LogP contribution is -2.10. The molecule has 2 N–H and O–H groups in total. The molecule has 26 heavy (non-hydrogen) atoms. The van der Waals surface area contributed by atoms with Crippen molar-refractivity contribution in [2.24, 2.45) is 0 Å². The third-order valence-corrected chi connectivity index (χ3v) is 4.59. The number of H-pyrrole nitrogens is 1. The summed E-state index contributed by atoms with van der Waals surface area (Å²) < 4.78 is 13.3. The van der Waals surface area contributed by atoms with Crippen molar-refractivity contribution in [2.45, 2.75) is 31.7 Å². The SMILES string of the molecule is CCc1cc(=O)[nH]c(-c2ccc(N[C@@H]3C[C@H]3c3cccc(F)c3)nc2)n1. The Morgan fingerprint density at radius 3 is 2.88 bits per heavy atom. The van der Waals surface area contributed by atoms with Crippen molar-refractivity contribution in [2.75, 3.05) is 5.32 Å². The number of benzene rings is 1. The van der Waals surface area contributed by atoms with E-state index in [0.29, 0.717) is 18.2 Å². The van der Waals surface area contributed by atoms with Crippen molar-refractivity contribution >= 4 is 5.82 Å². The molecule has 5 nitrogen and oxygen atoms in total. The van der Waals surface area contributed by atoms with Crippen LogP contribution in [0.2, 0.25) is 0 Å². The highest BCUT2D eigenvalue weighted by Crippen LogP contribution is 2.42. The Hall–Kier alpha value is -3.02. The number of pyridine rings is 1. The number of hydrogen-bond acceptors (Lipinski definition) is 4.